The smallest absolute Gasteiger partial charge is 0.108 e. The monoisotopic (exact) mass is 192 g/mol. The number of aromatic nitrogens is 2. The van der Waals surface area contributed by atoms with Crippen molar-refractivity contribution in [3.05, 3.63) is 18.2 Å². The number of hydrogen-bond acceptors (Lipinski definition) is 2. The van der Waals surface area contributed by atoms with Crippen LogP contribution in [0.5, 0.6) is 0 Å². The van der Waals surface area contributed by atoms with Gasteiger partial charge in [-0.1, -0.05) is 6.42 Å². The van der Waals surface area contributed by atoms with E-state index in [1.54, 1.807) is 6.20 Å². The van der Waals surface area contributed by atoms with Crippen LogP contribution in [0.1, 0.15) is 25.1 Å². The minimum Gasteiger partial charge on any atom is -0.392 e. The Balaban J connectivity index is 1.59. The predicted octanol–water partition coefficient (Wildman–Crippen LogP) is 1.36. The maximum atomic E-state index is 10.0. The fraction of sp³-hybridized carbons (Fsp3) is 0.727. The van der Waals surface area contributed by atoms with Crippen molar-refractivity contribution >= 4 is 0 Å². The molecule has 0 aromatic carbocycles. The fourth-order valence-electron chi connectivity index (χ4n) is 3.19. The largest absolute Gasteiger partial charge is 0.392 e. The Kier molecular flexibility index (Phi) is 1.87. The summed E-state index contributed by atoms with van der Waals surface area (Å²) in [5.74, 6) is 3.16. The molecule has 0 spiro atoms. The molecule has 0 radical (unpaired) electrons. The zero-order valence-corrected chi connectivity index (χ0v) is 8.19. The van der Waals surface area contributed by atoms with Crippen LogP contribution in [-0.4, -0.2) is 21.2 Å². The van der Waals surface area contributed by atoms with Gasteiger partial charge in [-0.15, -0.1) is 0 Å². The van der Waals surface area contributed by atoms with E-state index in [1.165, 1.54) is 19.3 Å². The van der Waals surface area contributed by atoms with Crippen molar-refractivity contribution in [2.45, 2.75) is 31.8 Å². The van der Waals surface area contributed by atoms with Gasteiger partial charge >= 0.3 is 0 Å². The van der Waals surface area contributed by atoms with Crippen LogP contribution < -0.4 is 0 Å². The highest BCUT2D eigenvalue weighted by atomic mass is 16.3. The average Bonchev–Trinajstić information content (AvgIpc) is 2.63. The molecule has 2 aliphatic rings. The lowest BCUT2D eigenvalue weighted by molar-refractivity contribution is 0.133. The Labute approximate surface area is 83.6 Å². The van der Waals surface area contributed by atoms with Crippen molar-refractivity contribution in [2.24, 2.45) is 17.8 Å². The number of nitrogens with one attached hydrogen (secondary N) is 1. The molecule has 0 bridgehead atoms. The second-order valence-electron chi connectivity index (χ2n) is 4.64. The number of rotatable bonds is 3. The Bertz CT molecular complexity index is 299. The first-order chi connectivity index (χ1) is 6.86. The number of H-pyrrole nitrogens is 1. The number of imidazole rings is 1. The van der Waals surface area contributed by atoms with E-state index >= 15 is 0 Å². The van der Waals surface area contributed by atoms with Gasteiger partial charge in [-0.2, -0.15) is 0 Å². The van der Waals surface area contributed by atoms with Crippen LogP contribution in [0.25, 0.3) is 0 Å². The molecule has 3 heteroatoms. The van der Waals surface area contributed by atoms with Crippen molar-refractivity contribution in [1.82, 2.24) is 9.97 Å². The Morgan fingerprint density at radius 3 is 2.93 bits per heavy atom. The van der Waals surface area contributed by atoms with E-state index < -0.39 is 0 Å². The molecule has 1 aromatic rings. The summed E-state index contributed by atoms with van der Waals surface area (Å²) in [6, 6.07) is 0. The predicted molar refractivity (Wildman–Crippen MR) is 52.6 cm³/mol. The lowest BCUT2D eigenvalue weighted by Gasteiger charge is -2.10. The zero-order chi connectivity index (χ0) is 9.54. The first-order valence-electron chi connectivity index (χ1n) is 5.52. The third kappa shape index (κ3) is 1.27. The minimum atomic E-state index is -0.170. The highest BCUT2D eigenvalue weighted by molar-refractivity contribution is 5.06. The van der Waals surface area contributed by atoms with Gasteiger partial charge in [-0.25, -0.2) is 4.98 Å². The first-order valence-corrected chi connectivity index (χ1v) is 5.52. The van der Waals surface area contributed by atoms with Crippen molar-refractivity contribution in [3.63, 3.8) is 0 Å². The molecule has 2 saturated carbocycles. The SMILES string of the molecule is OC(Cc1ncc[nH]1)C1C2CCCC21. The van der Waals surface area contributed by atoms with Crippen LogP contribution in [0.2, 0.25) is 0 Å². The topological polar surface area (TPSA) is 48.9 Å². The number of aliphatic hydroxyl groups excluding tert-OH is 1. The molecule has 1 heterocycles. The van der Waals surface area contributed by atoms with E-state index in [-0.39, 0.29) is 6.10 Å². The summed E-state index contributed by atoms with van der Waals surface area (Å²) in [7, 11) is 0. The van der Waals surface area contributed by atoms with E-state index in [0.29, 0.717) is 12.3 Å². The summed E-state index contributed by atoms with van der Waals surface area (Å²) < 4.78 is 0. The molecular weight excluding hydrogens is 176 g/mol. The van der Waals surface area contributed by atoms with Gasteiger partial charge in [0.15, 0.2) is 0 Å². The van der Waals surface area contributed by atoms with Gasteiger partial charge < -0.3 is 10.1 Å². The summed E-state index contributed by atoms with van der Waals surface area (Å²) in [6.07, 6.45) is 8.14. The van der Waals surface area contributed by atoms with Crippen LogP contribution in [0.4, 0.5) is 0 Å². The lowest BCUT2D eigenvalue weighted by atomic mass is 10.0. The maximum Gasteiger partial charge on any atom is 0.108 e. The van der Waals surface area contributed by atoms with Gasteiger partial charge in [-0.05, 0) is 30.6 Å². The molecule has 2 fully saturated rings. The second-order valence-corrected chi connectivity index (χ2v) is 4.64. The van der Waals surface area contributed by atoms with E-state index in [0.717, 1.165) is 17.7 Å². The number of nitrogens with zero attached hydrogens (tertiary/aromatic N) is 1. The second kappa shape index (κ2) is 3.09. The van der Waals surface area contributed by atoms with E-state index in [2.05, 4.69) is 9.97 Å². The van der Waals surface area contributed by atoms with Crippen LogP contribution in [0.15, 0.2) is 12.4 Å². The highest BCUT2D eigenvalue weighted by Gasteiger charge is 2.55. The molecule has 14 heavy (non-hydrogen) atoms. The molecular formula is C11H16N2O. The molecule has 0 aliphatic heterocycles. The third-order valence-electron chi connectivity index (χ3n) is 3.87. The highest BCUT2D eigenvalue weighted by Crippen LogP contribution is 2.59. The molecule has 3 atom stereocenters. The van der Waals surface area contributed by atoms with E-state index in [1.807, 2.05) is 6.20 Å². The van der Waals surface area contributed by atoms with Gasteiger partial charge in [0.1, 0.15) is 5.82 Å². The van der Waals surface area contributed by atoms with Gasteiger partial charge in [0.05, 0.1) is 6.10 Å². The van der Waals surface area contributed by atoms with E-state index in [4.69, 9.17) is 0 Å². The lowest BCUT2D eigenvalue weighted by Crippen LogP contribution is -2.17. The molecule has 76 valence electrons. The number of hydrogen-bond donors (Lipinski definition) is 2. The summed E-state index contributed by atoms with van der Waals surface area (Å²) in [5.41, 5.74) is 0. The molecule has 1 aromatic heterocycles. The van der Waals surface area contributed by atoms with Crippen molar-refractivity contribution in [2.75, 3.05) is 0 Å². The van der Waals surface area contributed by atoms with Gasteiger partial charge in [0, 0.05) is 18.8 Å². The Hall–Kier alpha value is -0.830. The van der Waals surface area contributed by atoms with Crippen LogP contribution >= 0.6 is 0 Å². The molecule has 3 rings (SSSR count). The number of aromatic amines is 1. The minimum absolute atomic E-state index is 0.170. The maximum absolute atomic E-state index is 10.0. The van der Waals surface area contributed by atoms with Crippen molar-refractivity contribution < 1.29 is 5.11 Å². The standard InChI is InChI=1S/C11H16N2O/c14-9(6-10-12-4-5-13-10)11-7-2-1-3-8(7)11/h4-5,7-9,11,14H,1-3,6H2,(H,12,13). The first kappa shape index (κ1) is 8.48. The normalized spacial score (nSPS) is 36.8. The van der Waals surface area contributed by atoms with Crippen molar-refractivity contribution in [1.29, 1.82) is 0 Å². The molecule has 0 amide bonds. The van der Waals surface area contributed by atoms with Gasteiger partial charge in [0.2, 0.25) is 0 Å². The molecule has 3 unspecified atom stereocenters. The Morgan fingerprint density at radius 2 is 2.29 bits per heavy atom. The van der Waals surface area contributed by atoms with Gasteiger partial charge in [-0.3, -0.25) is 0 Å². The van der Waals surface area contributed by atoms with E-state index in [9.17, 15) is 5.11 Å². The van der Waals surface area contributed by atoms with Crippen LogP contribution in [0.3, 0.4) is 0 Å². The van der Waals surface area contributed by atoms with Gasteiger partial charge in [0.25, 0.3) is 0 Å². The molecule has 3 nitrogen and oxygen atoms in total. The van der Waals surface area contributed by atoms with Crippen LogP contribution in [-0.2, 0) is 6.42 Å². The molecule has 2 aliphatic carbocycles. The summed E-state index contributed by atoms with van der Waals surface area (Å²) >= 11 is 0. The van der Waals surface area contributed by atoms with Crippen LogP contribution in [0, 0.1) is 17.8 Å². The zero-order valence-electron chi connectivity index (χ0n) is 8.19. The Morgan fingerprint density at radius 1 is 1.50 bits per heavy atom. The number of aliphatic hydroxyl groups is 1. The summed E-state index contributed by atoms with van der Waals surface area (Å²) in [6.45, 7) is 0. The number of fused-ring (bicyclic) bond motifs is 1. The summed E-state index contributed by atoms with van der Waals surface area (Å²) in [5, 5.41) is 10.0. The summed E-state index contributed by atoms with van der Waals surface area (Å²) in [4.78, 5) is 7.19. The molecule has 0 saturated heterocycles. The third-order valence-corrected chi connectivity index (χ3v) is 3.87. The molecule has 2 N–H and O–H groups in total. The average molecular weight is 192 g/mol. The quantitative estimate of drug-likeness (QED) is 0.759. The fourth-order valence-corrected chi connectivity index (χ4v) is 3.19. The van der Waals surface area contributed by atoms with Crippen molar-refractivity contribution in [3.8, 4) is 0 Å².